The Hall–Kier alpha value is -2.93. The molecule has 114 valence electrons. The van der Waals surface area contributed by atoms with Crippen LogP contribution in [0.25, 0.3) is 17.0 Å². The van der Waals surface area contributed by atoms with Crippen LogP contribution in [0.2, 0.25) is 5.15 Å². The maximum absolute atomic E-state index is 6.29. The average Bonchev–Trinajstić information content (AvgIpc) is 3.09. The first-order chi connectivity index (χ1) is 11.2. The molecule has 0 fully saturated rings. The van der Waals surface area contributed by atoms with Crippen LogP contribution < -0.4 is 5.32 Å². The van der Waals surface area contributed by atoms with E-state index in [0.717, 1.165) is 17.0 Å². The normalized spacial score (nSPS) is 11.0. The zero-order valence-corrected chi connectivity index (χ0v) is 12.9. The molecule has 1 N–H and O–H groups in total. The second-order valence-electron chi connectivity index (χ2n) is 4.97. The minimum absolute atomic E-state index is 0.405. The summed E-state index contributed by atoms with van der Waals surface area (Å²) in [6.07, 6.45) is 7.13. The van der Waals surface area contributed by atoms with Crippen LogP contribution in [-0.4, -0.2) is 29.1 Å². The van der Waals surface area contributed by atoms with Crippen LogP contribution in [-0.2, 0) is 7.05 Å². The lowest BCUT2D eigenvalue weighted by molar-refractivity contribution is 0.768. The predicted octanol–water partition coefficient (Wildman–Crippen LogP) is 2.92. The van der Waals surface area contributed by atoms with Gasteiger partial charge in [-0.1, -0.05) is 17.7 Å². The monoisotopic (exact) mass is 325 g/mol. The van der Waals surface area contributed by atoms with Crippen LogP contribution in [0.1, 0.15) is 0 Å². The predicted molar refractivity (Wildman–Crippen MR) is 87.7 cm³/mol. The van der Waals surface area contributed by atoms with E-state index >= 15 is 0 Å². The minimum atomic E-state index is 0.405. The summed E-state index contributed by atoms with van der Waals surface area (Å²) in [5.74, 6) is 0.470. The van der Waals surface area contributed by atoms with Crippen molar-refractivity contribution in [3.05, 3.63) is 54.2 Å². The van der Waals surface area contributed by atoms with Crippen LogP contribution in [0, 0.1) is 0 Å². The molecule has 4 rings (SSSR count). The molecular formula is C15H12ClN7. The van der Waals surface area contributed by atoms with Gasteiger partial charge in [0.25, 0.3) is 0 Å². The summed E-state index contributed by atoms with van der Waals surface area (Å²) in [6, 6.07) is 7.53. The van der Waals surface area contributed by atoms with E-state index in [4.69, 9.17) is 11.6 Å². The molecule has 23 heavy (non-hydrogen) atoms. The maximum atomic E-state index is 6.29. The minimum Gasteiger partial charge on any atom is -0.321 e. The number of fused-ring (bicyclic) bond motifs is 1. The van der Waals surface area contributed by atoms with Crippen molar-refractivity contribution in [2.24, 2.45) is 7.05 Å². The number of pyridine rings is 1. The molecule has 4 heterocycles. The van der Waals surface area contributed by atoms with Crippen LogP contribution >= 0.6 is 11.6 Å². The van der Waals surface area contributed by atoms with Crippen molar-refractivity contribution < 1.29 is 0 Å². The third-order valence-electron chi connectivity index (χ3n) is 3.35. The summed E-state index contributed by atoms with van der Waals surface area (Å²) in [6.45, 7) is 0. The molecule has 7 nitrogen and oxygen atoms in total. The number of anilines is 2. The third-order valence-corrected chi connectivity index (χ3v) is 3.61. The van der Waals surface area contributed by atoms with Gasteiger partial charge in [-0.2, -0.15) is 5.10 Å². The summed E-state index contributed by atoms with van der Waals surface area (Å²) in [5.41, 5.74) is 3.01. The first-order valence-corrected chi connectivity index (χ1v) is 7.30. The Kier molecular flexibility index (Phi) is 3.20. The second-order valence-corrected chi connectivity index (χ2v) is 5.33. The summed E-state index contributed by atoms with van der Waals surface area (Å²) in [4.78, 5) is 13.1. The van der Waals surface area contributed by atoms with Gasteiger partial charge < -0.3 is 5.32 Å². The van der Waals surface area contributed by atoms with Gasteiger partial charge >= 0.3 is 0 Å². The fraction of sp³-hybridized carbons (Fsp3) is 0.0667. The standard InChI is InChI=1S/C15H12ClN7/c1-22-9-10(8-18-22)19-15-17-6-5-11(20-15)13-14(16)21-12-4-2-3-7-23(12)13/h2-9H,1H3,(H,17,19,20). The van der Waals surface area contributed by atoms with Crippen molar-refractivity contribution >= 4 is 28.9 Å². The van der Waals surface area contributed by atoms with Crippen LogP contribution in [0.3, 0.4) is 0 Å². The number of aromatic nitrogens is 6. The highest BCUT2D eigenvalue weighted by atomic mass is 35.5. The highest BCUT2D eigenvalue weighted by molar-refractivity contribution is 6.32. The quantitative estimate of drug-likeness (QED) is 0.627. The highest BCUT2D eigenvalue weighted by Crippen LogP contribution is 2.27. The highest BCUT2D eigenvalue weighted by Gasteiger charge is 2.14. The molecule has 4 aromatic rings. The molecule has 0 spiro atoms. The first kappa shape index (κ1) is 13.7. The van der Waals surface area contributed by atoms with Gasteiger partial charge in [0.2, 0.25) is 5.95 Å². The van der Waals surface area contributed by atoms with E-state index in [1.54, 1.807) is 23.1 Å². The van der Waals surface area contributed by atoms with E-state index in [-0.39, 0.29) is 0 Å². The molecule has 0 radical (unpaired) electrons. The van der Waals surface area contributed by atoms with Crippen molar-refractivity contribution in [1.82, 2.24) is 29.1 Å². The zero-order chi connectivity index (χ0) is 15.8. The molecule has 4 aromatic heterocycles. The fourth-order valence-corrected chi connectivity index (χ4v) is 2.64. The number of nitrogens with zero attached hydrogens (tertiary/aromatic N) is 6. The van der Waals surface area contributed by atoms with E-state index in [0.29, 0.717) is 16.8 Å². The molecule has 0 aliphatic rings. The second kappa shape index (κ2) is 5.36. The molecule has 0 saturated carbocycles. The van der Waals surface area contributed by atoms with Crippen LogP contribution in [0.4, 0.5) is 11.6 Å². The average molecular weight is 326 g/mol. The molecule has 0 aliphatic heterocycles. The molecule has 0 aliphatic carbocycles. The van der Waals surface area contributed by atoms with Gasteiger partial charge in [-0.05, 0) is 18.2 Å². The van der Waals surface area contributed by atoms with Gasteiger partial charge in [-0.3, -0.25) is 9.08 Å². The summed E-state index contributed by atoms with van der Waals surface area (Å²) in [5, 5.41) is 7.62. The number of rotatable bonds is 3. The molecule has 0 atom stereocenters. The summed E-state index contributed by atoms with van der Waals surface area (Å²) in [7, 11) is 1.85. The van der Waals surface area contributed by atoms with E-state index in [1.165, 1.54) is 0 Å². The Morgan fingerprint density at radius 1 is 1.17 bits per heavy atom. The lowest BCUT2D eigenvalue weighted by atomic mass is 10.3. The molecule has 0 unspecified atom stereocenters. The fourth-order valence-electron chi connectivity index (χ4n) is 2.36. The number of nitrogens with one attached hydrogen (secondary N) is 1. The Bertz CT molecular complexity index is 988. The number of halogens is 1. The van der Waals surface area contributed by atoms with E-state index in [1.807, 2.05) is 42.0 Å². The third kappa shape index (κ3) is 2.51. The van der Waals surface area contributed by atoms with Gasteiger partial charge in [0.05, 0.1) is 17.6 Å². The molecule has 0 bridgehead atoms. The molecule has 8 heteroatoms. The van der Waals surface area contributed by atoms with Gasteiger partial charge in [0, 0.05) is 25.6 Å². The van der Waals surface area contributed by atoms with E-state index < -0.39 is 0 Å². The number of aryl methyl sites for hydroxylation is 1. The number of hydrogen-bond acceptors (Lipinski definition) is 5. The van der Waals surface area contributed by atoms with Gasteiger partial charge in [-0.15, -0.1) is 0 Å². The molecule has 0 aromatic carbocycles. The smallest absolute Gasteiger partial charge is 0.227 e. The van der Waals surface area contributed by atoms with Crippen molar-refractivity contribution in [1.29, 1.82) is 0 Å². The van der Waals surface area contributed by atoms with Crippen molar-refractivity contribution in [2.45, 2.75) is 0 Å². The van der Waals surface area contributed by atoms with Gasteiger partial charge in [0.15, 0.2) is 5.15 Å². The number of imidazole rings is 1. The Balaban J connectivity index is 1.77. The van der Waals surface area contributed by atoms with E-state index in [9.17, 15) is 0 Å². The van der Waals surface area contributed by atoms with Crippen LogP contribution in [0.5, 0.6) is 0 Å². The Labute approximate surface area is 136 Å². The Morgan fingerprint density at radius 2 is 2.09 bits per heavy atom. The Morgan fingerprint density at radius 3 is 2.91 bits per heavy atom. The summed E-state index contributed by atoms with van der Waals surface area (Å²) < 4.78 is 3.60. The molecular weight excluding hydrogens is 314 g/mol. The van der Waals surface area contributed by atoms with Crippen LogP contribution in [0.15, 0.2) is 49.1 Å². The van der Waals surface area contributed by atoms with Gasteiger partial charge in [-0.25, -0.2) is 15.0 Å². The largest absolute Gasteiger partial charge is 0.321 e. The topological polar surface area (TPSA) is 72.9 Å². The van der Waals surface area contributed by atoms with Crippen molar-refractivity contribution in [3.63, 3.8) is 0 Å². The van der Waals surface area contributed by atoms with Crippen molar-refractivity contribution in [3.8, 4) is 11.4 Å². The maximum Gasteiger partial charge on any atom is 0.227 e. The SMILES string of the molecule is Cn1cc(Nc2nccc(-c3c(Cl)nc4ccccn34)n2)cn1. The van der Waals surface area contributed by atoms with Gasteiger partial charge in [0.1, 0.15) is 11.3 Å². The molecule has 0 saturated heterocycles. The number of hydrogen-bond donors (Lipinski definition) is 1. The first-order valence-electron chi connectivity index (χ1n) is 6.92. The van der Waals surface area contributed by atoms with E-state index in [2.05, 4.69) is 25.4 Å². The zero-order valence-electron chi connectivity index (χ0n) is 12.2. The lowest BCUT2D eigenvalue weighted by Gasteiger charge is -2.05. The summed E-state index contributed by atoms with van der Waals surface area (Å²) >= 11 is 6.29. The van der Waals surface area contributed by atoms with Crippen molar-refractivity contribution in [2.75, 3.05) is 5.32 Å². The lowest BCUT2D eigenvalue weighted by Crippen LogP contribution is -1.98. The molecule has 0 amide bonds.